The summed E-state index contributed by atoms with van der Waals surface area (Å²) >= 11 is 0. The van der Waals surface area contributed by atoms with E-state index in [4.69, 9.17) is 0 Å². The second-order valence-corrected chi connectivity index (χ2v) is 5.25. The van der Waals surface area contributed by atoms with Gasteiger partial charge in [0.25, 0.3) is 0 Å². The van der Waals surface area contributed by atoms with Crippen molar-refractivity contribution in [2.75, 3.05) is 6.54 Å². The van der Waals surface area contributed by atoms with Crippen LogP contribution in [0.3, 0.4) is 0 Å². The van der Waals surface area contributed by atoms with Crippen LogP contribution < -0.4 is 5.32 Å². The number of rotatable bonds is 5. The number of imidazole rings is 1. The molecule has 0 saturated carbocycles. The van der Waals surface area contributed by atoms with Gasteiger partial charge in [0.2, 0.25) is 0 Å². The lowest BCUT2D eigenvalue weighted by Crippen LogP contribution is -2.17. The highest BCUT2D eigenvalue weighted by Gasteiger charge is 2.19. The van der Waals surface area contributed by atoms with E-state index in [9.17, 15) is 0 Å². The minimum absolute atomic E-state index is 0.513. The summed E-state index contributed by atoms with van der Waals surface area (Å²) in [6.45, 7) is 2.20. The van der Waals surface area contributed by atoms with Crippen LogP contribution in [-0.4, -0.2) is 16.1 Å². The molecule has 19 heavy (non-hydrogen) atoms. The summed E-state index contributed by atoms with van der Waals surface area (Å²) in [5.74, 6) is 0. The van der Waals surface area contributed by atoms with Crippen LogP contribution in [0.25, 0.3) is 0 Å². The third kappa shape index (κ3) is 3.04. The fraction of sp³-hybridized carbons (Fsp3) is 0.438. The smallest absolute Gasteiger partial charge is 0.0948 e. The van der Waals surface area contributed by atoms with Gasteiger partial charge in [0, 0.05) is 18.8 Å². The van der Waals surface area contributed by atoms with Crippen molar-refractivity contribution in [1.29, 1.82) is 0 Å². The zero-order valence-corrected chi connectivity index (χ0v) is 11.3. The average Bonchev–Trinajstić information content (AvgIpc) is 3.10. The average molecular weight is 255 g/mol. The lowest BCUT2D eigenvalue weighted by atomic mass is 10.1. The molecule has 1 aromatic heterocycles. The van der Waals surface area contributed by atoms with Gasteiger partial charge < -0.3 is 9.88 Å². The van der Waals surface area contributed by atoms with Gasteiger partial charge in [-0.1, -0.05) is 30.3 Å². The van der Waals surface area contributed by atoms with Crippen molar-refractivity contribution in [3.05, 3.63) is 54.1 Å². The van der Waals surface area contributed by atoms with E-state index in [1.54, 1.807) is 0 Å². The molecule has 0 bridgehead atoms. The number of benzene rings is 1. The molecule has 2 heterocycles. The Hall–Kier alpha value is -1.61. The van der Waals surface area contributed by atoms with Crippen LogP contribution in [0, 0.1) is 0 Å². The van der Waals surface area contributed by atoms with Gasteiger partial charge in [0.05, 0.1) is 12.0 Å². The summed E-state index contributed by atoms with van der Waals surface area (Å²) in [5, 5.41) is 3.55. The zero-order chi connectivity index (χ0) is 12.9. The predicted molar refractivity (Wildman–Crippen MR) is 77.0 cm³/mol. The SMILES string of the molecule is c1ccc(CCCn2cncc2[C@@H]2CCCN2)cc1. The van der Waals surface area contributed by atoms with Crippen molar-refractivity contribution in [1.82, 2.24) is 14.9 Å². The molecule has 1 saturated heterocycles. The summed E-state index contributed by atoms with van der Waals surface area (Å²) in [6.07, 6.45) is 8.81. The van der Waals surface area contributed by atoms with Crippen molar-refractivity contribution in [2.45, 2.75) is 38.3 Å². The molecule has 1 N–H and O–H groups in total. The van der Waals surface area contributed by atoms with Gasteiger partial charge in [-0.2, -0.15) is 0 Å². The van der Waals surface area contributed by atoms with Crippen LogP contribution in [0.2, 0.25) is 0 Å². The van der Waals surface area contributed by atoms with Crippen LogP contribution in [0.15, 0.2) is 42.9 Å². The minimum Gasteiger partial charge on any atom is -0.333 e. The van der Waals surface area contributed by atoms with Crippen LogP contribution in [0.5, 0.6) is 0 Å². The highest BCUT2D eigenvalue weighted by Crippen LogP contribution is 2.22. The fourth-order valence-electron chi connectivity index (χ4n) is 2.84. The number of nitrogens with zero attached hydrogens (tertiary/aromatic N) is 2. The quantitative estimate of drug-likeness (QED) is 0.890. The molecule has 1 atom stereocenters. The first-order chi connectivity index (χ1) is 9.43. The first-order valence-corrected chi connectivity index (χ1v) is 7.21. The van der Waals surface area contributed by atoms with Gasteiger partial charge in [-0.15, -0.1) is 0 Å². The topological polar surface area (TPSA) is 29.9 Å². The summed E-state index contributed by atoms with van der Waals surface area (Å²) in [6, 6.07) is 11.2. The largest absolute Gasteiger partial charge is 0.333 e. The third-order valence-electron chi connectivity index (χ3n) is 3.87. The summed E-state index contributed by atoms with van der Waals surface area (Å²) in [7, 11) is 0. The van der Waals surface area contributed by atoms with E-state index in [0.29, 0.717) is 6.04 Å². The molecule has 1 aliphatic heterocycles. The molecular weight excluding hydrogens is 234 g/mol. The molecule has 3 rings (SSSR count). The number of aryl methyl sites for hydroxylation is 2. The Morgan fingerprint density at radius 2 is 2.16 bits per heavy atom. The molecule has 3 nitrogen and oxygen atoms in total. The van der Waals surface area contributed by atoms with E-state index in [1.165, 1.54) is 30.5 Å². The monoisotopic (exact) mass is 255 g/mol. The normalized spacial score (nSPS) is 18.8. The molecule has 3 heteroatoms. The maximum atomic E-state index is 4.32. The molecule has 0 radical (unpaired) electrons. The molecule has 1 aliphatic rings. The second kappa shape index (κ2) is 6.02. The second-order valence-electron chi connectivity index (χ2n) is 5.25. The number of nitrogens with one attached hydrogen (secondary N) is 1. The van der Waals surface area contributed by atoms with Gasteiger partial charge >= 0.3 is 0 Å². The minimum atomic E-state index is 0.513. The van der Waals surface area contributed by atoms with E-state index in [1.807, 2.05) is 12.5 Å². The van der Waals surface area contributed by atoms with E-state index in [0.717, 1.165) is 19.5 Å². The fourth-order valence-corrected chi connectivity index (χ4v) is 2.84. The predicted octanol–water partition coefficient (Wildman–Crippen LogP) is 2.94. The molecule has 0 aliphatic carbocycles. The van der Waals surface area contributed by atoms with Crippen molar-refractivity contribution in [2.24, 2.45) is 0 Å². The Kier molecular flexibility index (Phi) is 3.94. The standard InChI is InChI=1S/C16H21N3/c1-2-6-14(7-3-1)8-5-11-19-13-17-12-16(19)15-9-4-10-18-15/h1-3,6-7,12-13,15,18H,4-5,8-11H2/t15-/m0/s1. The van der Waals surface area contributed by atoms with E-state index < -0.39 is 0 Å². The Morgan fingerprint density at radius 1 is 1.26 bits per heavy atom. The van der Waals surface area contributed by atoms with Gasteiger partial charge in [0.1, 0.15) is 0 Å². The Morgan fingerprint density at radius 3 is 2.95 bits per heavy atom. The van der Waals surface area contributed by atoms with E-state index in [2.05, 4.69) is 45.2 Å². The lowest BCUT2D eigenvalue weighted by molar-refractivity contribution is 0.548. The number of hydrogen-bond acceptors (Lipinski definition) is 2. The Labute approximate surface area is 114 Å². The van der Waals surface area contributed by atoms with Crippen molar-refractivity contribution < 1.29 is 0 Å². The van der Waals surface area contributed by atoms with E-state index >= 15 is 0 Å². The highest BCUT2D eigenvalue weighted by atomic mass is 15.1. The molecule has 0 spiro atoms. The Bertz CT molecular complexity index is 498. The van der Waals surface area contributed by atoms with Crippen molar-refractivity contribution in [3.63, 3.8) is 0 Å². The summed E-state index contributed by atoms with van der Waals surface area (Å²) < 4.78 is 2.31. The zero-order valence-electron chi connectivity index (χ0n) is 11.3. The molecule has 1 aromatic carbocycles. The van der Waals surface area contributed by atoms with Crippen molar-refractivity contribution in [3.8, 4) is 0 Å². The van der Waals surface area contributed by atoms with Gasteiger partial charge in [-0.25, -0.2) is 4.98 Å². The molecule has 100 valence electrons. The maximum absolute atomic E-state index is 4.32. The van der Waals surface area contributed by atoms with Crippen LogP contribution in [0.4, 0.5) is 0 Å². The molecule has 2 aromatic rings. The number of aromatic nitrogens is 2. The summed E-state index contributed by atoms with van der Waals surface area (Å²) in [4.78, 5) is 4.32. The Balaban J connectivity index is 1.57. The molecular formula is C16H21N3. The van der Waals surface area contributed by atoms with Crippen LogP contribution >= 0.6 is 0 Å². The molecule has 1 fully saturated rings. The van der Waals surface area contributed by atoms with Gasteiger partial charge in [0.15, 0.2) is 0 Å². The molecule has 0 unspecified atom stereocenters. The van der Waals surface area contributed by atoms with Gasteiger partial charge in [-0.05, 0) is 37.8 Å². The summed E-state index contributed by atoms with van der Waals surface area (Å²) in [5.41, 5.74) is 2.77. The first-order valence-electron chi connectivity index (χ1n) is 7.21. The van der Waals surface area contributed by atoms with Crippen LogP contribution in [0.1, 0.15) is 36.6 Å². The van der Waals surface area contributed by atoms with Gasteiger partial charge in [-0.3, -0.25) is 0 Å². The third-order valence-corrected chi connectivity index (χ3v) is 3.87. The maximum Gasteiger partial charge on any atom is 0.0948 e. The van der Waals surface area contributed by atoms with Crippen LogP contribution in [-0.2, 0) is 13.0 Å². The lowest BCUT2D eigenvalue weighted by Gasteiger charge is -2.13. The molecule has 0 amide bonds. The number of hydrogen-bond donors (Lipinski definition) is 1. The van der Waals surface area contributed by atoms with E-state index in [-0.39, 0.29) is 0 Å². The highest BCUT2D eigenvalue weighted by molar-refractivity contribution is 5.14. The van der Waals surface area contributed by atoms with Crippen molar-refractivity contribution >= 4 is 0 Å². The first kappa shape index (κ1) is 12.4.